The highest BCUT2D eigenvalue weighted by Crippen LogP contribution is 2.41. The van der Waals surface area contributed by atoms with Gasteiger partial charge in [-0.15, -0.1) is 0 Å². The van der Waals surface area contributed by atoms with Crippen molar-refractivity contribution in [3.63, 3.8) is 0 Å². The molecule has 30 heavy (non-hydrogen) atoms. The van der Waals surface area contributed by atoms with E-state index < -0.39 is 6.04 Å². The lowest BCUT2D eigenvalue weighted by Gasteiger charge is -2.38. The highest BCUT2D eigenvalue weighted by atomic mass is 16.5. The number of ether oxygens (including phenoxy) is 2. The van der Waals surface area contributed by atoms with Crippen molar-refractivity contribution in [2.24, 2.45) is 0 Å². The Balaban J connectivity index is 1.42. The Kier molecular flexibility index (Phi) is 4.74. The molecule has 6 heteroatoms. The lowest BCUT2D eigenvalue weighted by Crippen LogP contribution is -2.46. The maximum absolute atomic E-state index is 13.3. The van der Waals surface area contributed by atoms with Crippen molar-refractivity contribution in [1.82, 2.24) is 4.90 Å². The Hall–Kier alpha value is -2.86. The molecule has 0 N–H and O–H groups in total. The van der Waals surface area contributed by atoms with Crippen LogP contribution in [0.1, 0.15) is 42.5 Å². The molecule has 0 saturated carbocycles. The second kappa shape index (κ2) is 7.43. The van der Waals surface area contributed by atoms with E-state index in [1.165, 1.54) is 10.5 Å². The standard InChI is InChI=1S/C24H26N2O4/c1-15-4-6-18(7-5-15)26-23(27)14-20(24(26)28)25-9-8-17-12-21-22(13-19(17)16(25)2)30-11-3-10-29-21/h4-7,12-13,16,20H,3,8-11,14H2,1-2H3. The molecule has 2 aromatic rings. The number of nitrogens with zero attached hydrogens (tertiary/aromatic N) is 2. The zero-order chi connectivity index (χ0) is 20.8. The second-order valence-electron chi connectivity index (χ2n) is 8.33. The van der Waals surface area contributed by atoms with E-state index in [0.29, 0.717) is 18.9 Å². The average molecular weight is 406 g/mol. The van der Waals surface area contributed by atoms with Gasteiger partial charge in [-0.3, -0.25) is 14.5 Å². The Morgan fingerprint density at radius 1 is 1.00 bits per heavy atom. The molecule has 3 heterocycles. The van der Waals surface area contributed by atoms with E-state index >= 15 is 0 Å². The van der Waals surface area contributed by atoms with Crippen LogP contribution in [-0.2, 0) is 16.0 Å². The van der Waals surface area contributed by atoms with E-state index in [0.717, 1.165) is 42.0 Å². The van der Waals surface area contributed by atoms with Crippen molar-refractivity contribution in [2.75, 3.05) is 24.7 Å². The molecule has 0 spiro atoms. The van der Waals surface area contributed by atoms with Crippen LogP contribution >= 0.6 is 0 Å². The Morgan fingerprint density at radius 2 is 1.70 bits per heavy atom. The first-order valence-electron chi connectivity index (χ1n) is 10.6. The molecule has 156 valence electrons. The van der Waals surface area contributed by atoms with Crippen LogP contribution in [0.5, 0.6) is 11.5 Å². The van der Waals surface area contributed by atoms with Crippen molar-refractivity contribution in [3.8, 4) is 11.5 Å². The van der Waals surface area contributed by atoms with Gasteiger partial charge in [-0.2, -0.15) is 0 Å². The molecule has 0 radical (unpaired) electrons. The maximum Gasteiger partial charge on any atom is 0.251 e. The summed E-state index contributed by atoms with van der Waals surface area (Å²) in [5.74, 6) is 1.32. The van der Waals surface area contributed by atoms with Gasteiger partial charge in [0, 0.05) is 19.0 Å². The molecule has 0 aromatic heterocycles. The average Bonchev–Trinajstić information content (AvgIpc) is 2.90. The summed E-state index contributed by atoms with van der Waals surface area (Å²) < 4.78 is 11.7. The van der Waals surface area contributed by atoms with Gasteiger partial charge in [-0.05, 0) is 55.7 Å². The van der Waals surface area contributed by atoms with E-state index in [1.54, 1.807) is 0 Å². The number of amides is 2. The fourth-order valence-corrected chi connectivity index (χ4v) is 4.76. The summed E-state index contributed by atoms with van der Waals surface area (Å²) >= 11 is 0. The van der Waals surface area contributed by atoms with Gasteiger partial charge in [0.05, 0.1) is 31.4 Å². The van der Waals surface area contributed by atoms with Gasteiger partial charge < -0.3 is 9.47 Å². The van der Waals surface area contributed by atoms with Crippen LogP contribution in [0.4, 0.5) is 5.69 Å². The smallest absolute Gasteiger partial charge is 0.251 e. The summed E-state index contributed by atoms with van der Waals surface area (Å²) in [7, 11) is 0. The third kappa shape index (κ3) is 3.16. The van der Waals surface area contributed by atoms with E-state index in [2.05, 4.69) is 24.0 Å². The number of imide groups is 1. The fraction of sp³-hybridized carbons (Fsp3) is 0.417. The van der Waals surface area contributed by atoms with Gasteiger partial charge in [0.25, 0.3) is 5.91 Å². The van der Waals surface area contributed by atoms with Gasteiger partial charge in [-0.1, -0.05) is 17.7 Å². The minimum atomic E-state index is -0.432. The third-order valence-electron chi connectivity index (χ3n) is 6.41. The molecule has 1 saturated heterocycles. The van der Waals surface area contributed by atoms with E-state index in [1.807, 2.05) is 31.2 Å². The van der Waals surface area contributed by atoms with Crippen molar-refractivity contribution < 1.29 is 19.1 Å². The number of carbonyl (C=O) groups excluding carboxylic acids is 2. The number of hydrogen-bond acceptors (Lipinski definition) is 5. The highest BCUT2D eigenvalue weighted by Gasteiger charge is 2.45. The number of aryl methyl sites for hydroxylation is 1. The Bertz CT molecular complexity index is 1000. The molecule has 2 atom stereocenters. The zero-order valence-corrected chi connectivity index (χ0v) is 17.4. The molecule has 0 bridgehead atoms. The molecular formula is C24H26N2O4. The van der Waals surface area contributed by atoms with Crippen LogP contribution in [0.2, 0.25) is 0 Å². The SMILES string of the molecule is Cc1ccc(N2C(=O)CC(N3CCc4cc5c(cc4C3C)OCCCO5)C2=O)cc1. The lowest BCUT2D eigenvalue weighted by atomic mass is 9.91. The molecule has 2 aromatic carbocycles. The Morgan fingerprint density at radius 3 is 2.43 bits per heavy atom. The monoisotopic (exact) mass is 406 g/mol. The summed E-state index contributed by atoms with van der Waals surface area (Å²) in [6.45, 7) is 6.14. The quantitative estimate of drug-likeness (QED) is 0.716. The molecule has 2 amide bonds. The van der Waals surface area contributed by atoms with Crippen LogP contribution in [0.3, 0.4) is 0 Å². The van der Waals surface area contributed by atoms with Crippen molar-refractivity contribution in [1.29, 1.82) is 0 Å². The first-order valence-corrected chi connectivity index (χ1v) is 10.6. The minimum Gasteiger partial charge on any atom is -0.490 e. The molecule has 2 unspecified atom stereocenters. The second-order valence-corrected chi connectivity index (χ2v) is 8.33. The summed E-state index contributed by atoms with van der Waals surface area (Å²) in [4.78, 5) is 29.5. The van der Waals surface area contributed by atoms with E-state index in [-0.39, 0.29) is 24.3 Å². The number of hydrogen-bond donors (Lipinski definition) is 0. The number of fused-ring (bicyclic) bond motifs is 2. The van der Waals surface area contributed by atoms with Crippen LogP contribution < -0.4 is 14.4 Å². The summed E-state index contributed by atoms with van der Waals surface area (Å²) in [5, 5.41) is 0. The van der Waals surface area contributed by atoms with Gasteiger partial charge >= 0.3 is 0 Å². The van der Waals surface area contributed by atoms with Gasteiger partial charge in [0.15, 0.2) is 11.5 Å². The van der Waals surface area contributed by atoms with E-state index in [4.69, 9.17) is 9.47 Å². The third-order valence-corrected chi connectivity index (χ3v) is 6.41. The first-order chi connectivity index (χ1) is 14.5. The predicted octanol–water partition coefficient (Wildman–Crippen LogP) is 3.41. The molecule has 5 rings (SSSR count). The molecule has 3 aliphatic heterocycles. The fourth-order valence-electron chi connectivity index (χ4n) is 4.76. The van der Waals surface area contributed by atoms with Crippen LogP contribution in [0.25, 0.3) is 0 Å². The number of carbonyl (C=O) groups is 2. The summed E-state index contributed by atoms with van der Waals surface area (Å²) in [5.41, 5.74) is 4.13. The first kappa shape index (κ1) is 19.1. The van der Waals surface area contributed by atoms with Crippen LogP contribution in [-0.4, -0.2) is 42.5 Å². The molecule has 0 aliphatic carbocycles. The highest BCUT2D eigenvalue weighted by molar-refractivity contribution is 6.22. The predicted molar refractivity (Wildman–Crippen MR) is 113 cm³/mol. The molecule has 6 nitrogen and oxygen atoms in total. The van der Waals surface area contributed by atoms with Crippen molar-refractivity contribution in [3.05, 3.63) is 53.1 Å². The number of rotatable bonds is 2. The normalized spacial score (nSPS) is 24.0. The topological polar surface area (TPSA) is 59.1 Å². The summed E-state index contributed by atoms with van der Waals surface area (Å²) in [6, 6.07) is 11.3. The largest absolute Gasteiger partial charge is 0.490 e. The van der Waals surface area contributed by atoms with Crippen molar-refractivity contribution in [2.45, 2.75) is 45.2 Å². The van der Waals surface area contributed by atoms with Crippen molar-refractivity contribution >= 4 is 17.5 Å². The van der Waals surface area contributed by atoms with Gasteiger partial charge in [0.2, 0.25) is 5.91 Å². The van der Waals surface area contributed by atoms with Gasteiger partial charge in [0.1, 0.15) is 0 Å². The van der Waals surface area contributed by atoms with Crippen LogP contribution in [0, 0.1) is 6.92 Å². The molecule has 1 fully saturated rings. The number of benzene rings is 2. The lowest BCUT2D eigenvalue weighted by molar-refractivity contribution is -0.123. The summed E-state index contributed by atoms with van der Waals surface area (Å²) in [6.07, 6.45) is 1.91. The van der Waals surface area contributed by atoms with Gasteiger partial charge in [-0.25, -0.2) is 4.90 Å². The maximum atomic E-state index is 13.3. The molecule has 3 aliphatic rings. The van der Waals surface area contributed by atoms with Crippen LogP contribution in [0.15, 0.2) is 36.4 Å². The number of anilines is 1. The zero-order valence-electron chi connectivity index (χ0n) is 17.4. The minimum absolute atomic E-state index is 0.0191. The molecular weight excluding hydrogens is 380 g/mol. The van der Waals surface area contributed by atoms with E-state index in [9.17, 15) is 9.59 Å². The Labute approximate surface area is 176 Å².